The van der Waals surface area contributed by atoms with Crippen molar-refractivity contribution in [3.05, 3.63) is 90.0 Å². The van der Waals surface area contributed by atoms with Gasteiger partial charge in [0.15, 0.2) is 0 Å². The molecule has 0 spiro atoms. The Balaban J connectivity index is 1.44. The van der Waals surface area contributed by atoms with Crippen LogP contribution in [0.1, 0.15) is 24.0 Å². The number of nitrogens with one attached hydrogen (secondary N) is 2. The van der Waals surface area contributed by atoms with E-state index in [0.717, 1.165) is 22.6 Å². The smallest absolute Gasteiger partial charge is 0.240 e. The van der Waals surface area contributed by atoms with E-state index < -0.39 is 0 Å². The Morgan fingerprint density at radius 1 is 0.867 bits per heavy atom. The van der Waals surface area contributed by atoms with Crippen LogP contribution in [0.25, 0.3) is 0 Å². The minimum Gasteiger partial charge on any atom is -0.457 e. The van der Waals surface area contributed by atoms with Crippen LogP contribution in [0.2, 0.25) is 0 Å². The number of ether oxygens (including phenoxy) is 1. The number of carbonyl (C=O) groups excluding carboxylic acids is 2. The first-order chi connectivity index (χ1) is 14.6. The molecule has 0 aliphatic carbocycles. The number of rotatable bonds is 8. The van der Waals surface area contributed by atoms with E-state index in [0.29, 0.717) is 5.75 Å². The number of benzene rings is 3. The van der Waals surface area contributed by atoms with Crippen molar-refractivity contribution in [2.75, 3.05) is 5.32 Å². The van der Waals surface area contributed by atoms with Crippen LogP contribution < -0.4 is 15.5 Å². The number of hydrazone groups is 1. The van der Waals surface area contributed by atoms with Gasteiger partial charge in [0.25, 0.3) is 0 Å². The van der Waals surface area contributed by atoms with Crippen molar-refractivity contribution in [3.63, 3.8) is 0 Å². The Morgan fingerprint density at radius 3 is 2.40 bits per heavy atom. The van der Waals surface area contributed by atoms with Crippen LogP contribution in [0, 0.1) is 6.92 Å². The zero-order valence-corrected chi connectivity index (χ0v) is 16.7. The fourth-order valence-electron chi connectivity index (χ4n) is 2.69. The van der Waals surface area contributed by atoms with E-state index in [2.05, 4.69) is 15.8 Å². The van der Waals surface area contributed by atoms with Gasteiger partial charge in [0.1, 0.15) is 11.5 Å². The third-order valence-corrected chi connectivity index (χ3v) is 4.12. The minimum atomic E-state index is -0.331. The summed E-state index contributed by atoms with van der Waals surface area (Å²) in [6.45, 7) is 1.95. The number of anilines is 1. The zero-order valence-electron chi connectivity index (χ0n) is 16.7. The summed E-state index contributed by atoms with van der Waals surface area (Å²) in [6, 6.07) is 24.3. The van der Waals surface area contributed by atoms with E-state index in [-0.39, 0.29) is 24.7 Å². The Hall–Kier alpha value is -3.93. The highest BCUT2D eigenvalue weighted by Gasteiger charge is 2.07. The predicted octanol–water partition coefficient (Wildman–Crippen LogP) is 4.66. The van der Waals surface area contributed by atoms with E-state index in [4.69, 9.17) is 4.74 Å². The number of carbonyl (C=O) groups is 2. The number of para-hydroxylation sites is 1. The normalized spacial score (nSPS) is 10.6. The van der Waals surface area contributed by atoms with Crippen molar-refractivity contribution >= 4 is 23.7 Å². The molecule has 0 heterocycles. The summed E-state index contributed by atoms with van der Waals surface area (Å²) in [5, 5.41) is 6.73. The molecule has 0 aliphatic rings. The van der Waals surface area contributed by atoms with Gasteiger partial charge in [-0.2, -0.15) is 5.10 Å². The lowest BCUT2D eigenvalue weighted by molar-refractivity contribution is -0.124. The predicted molar refractivity (Wildman–Crippen MR) is 118 cm³/mol. The van der Waals surface area contributed by atoms with Crippen molar-refractivity contribution in [2.24, 2.45) is 5.10 Å². The zero-order chi connectivity index (χ0) is 21.2. The van der Waals surface area contributed by atoms with Gasteiger partial charge in [0.2, 0.25) is 11.8 Å². The molecular formula is C24H23N3O3. The molecule has 0 aliphatic heterocycles. The number of aryl methyl sites for hydroxylation is 1. The average Bonchev–Trinajstić information content (AvgIpc) is 2.73. The number of amides is 2. The van der Waals surface area contributed by atoms with Gasteiger partial charge in [-0.15, -0.1) is 0 Å². The number of hydrogen-bond acceptors (Lipinski definition) is 4. The van der Waals surface area contributed by atoms with Gasteiger partial charge in [-0.1, -0.05) is 42.5 Å². The fourth-order valence-corrected chi connectivity index (χ4v) is 2.69. The summed E-state index contributed by atoms with van der Waals surface area (Å²) in [5.41, 5.74) is 4.99. The van der Waals surface area contributed by atoms with Gasteiger partial charge in [0.05, 0.1) is 6.21 Å². The molecule has 0 saturated heterocycles. The second kappa shape index (κ2) is 10.6. The SMILES string of the molecule is Cc1cccc(NC(=O)CCC(=O)N/N=C\c2cccc(Oc3ccccc3)c2)c1. The van der Waals surface area contributed by atoms with Crippen LogP contribution in [-0.2, 0) is 9.59 Å². The quantitative estimate of drug-likeness (QED) is 0.426. The first kappa shape index (κ1) is 20.8. The van der Waals surface area contributed by atoms with Crippen LogP contribution in [0.3, 0.4) is 0 Å². The van der Waals surface area contributed by atoms with Crippen molar-refractivity contribution in [2.45, 2.75) is 19.8 Å². The molecule has 6 heteroatoms. The van der Waals surface area contributed by atoms with Crippen molar-refractivity contribution in [1.82, 2.24) is 5.43 Å². The highest BCUT2D eigenvalue weighted by atomic mass is 16.5. The highest BCUT2D eigenvalue weighted by Crippen LogP contribution is 2.21. The molecule has 2 N–H and O–H groups in total. The van der Waals surface area contributed by atoms with Crippen molar-refractivity contribution in [1.29, 1.82) is 0 Å². The van der Waals surface area contributed by atoms with E-state index in [9.17, 15) is 9.59 Å². The molecule has 0 unspecified atom stereocenters. The van der Waals surface area contributed by atoms with Gasteiger partial charge in [-0.05, 0) is 54.4 Å². The fraction of sp³-hybridized carbons (Fsp3) is 0.125. The average molecular weight is 401 g/mol. The van der Waals surface area contributed by atoms with Crippen molar-refractivity contribution < 1.29 is 14.3 Å². The summed E-state index contributed by atoms with van der Waals surface area (Å²) >= 11 is 0. The minimum absolute atomic E-state index is 0.0478. The molecule has 30 heavy (non-hydrogen) atoms. The second-order valence-electron chi connectivity index (χ2n) is 6.70. The van der Waals surface area contributed by atoms with Crippen LogP contribution in [-0.4, -0.2) is 18.0 Å². The number of nitrogens with zero attached hydrogens (tertiary/aromatic N) is 1. The number of hydrogen-bond donors (Lipinski definition) is 2. The van der Waals surface area contributed by atoms with Gasteiger partial charge < -0.3 is 10.1 Å². The summed E-state index contributed by atoms with van der Waals surface area (Å²) in [7, 11) is 0. The maximum absolute atomic E-state index is 12.0. The van der Waals surface area contributed by atoms with E-state index in [1.165, 1.54) is 6.21 Å². The molecule has 0 atom stereocenters. The molecule has 2 amide bonds. The van der Waals surface area contributed by atoms with Crippen molar-refractivity contribution in [3.8, 4) is 11.5 Å². The lowest BCUT2D eigenvalue weighted by atomic mass is 10.2. The van der Waals surface area contributed by atoms with Crippen LogP contribution in [0.4, 0.5) is 5.69 Å². The molecule has 0 saturated carbocycles. The summed E-state index contributed by atoms with van der Waals surface area (Å²) < 4.78 is 5.77. The molecule has 0 radical (unpaired) electrons. The van der Waals surface area contributed by atoms with E-state index in [1.54, 1.807) is 0 Å². The largest absolute Gasteiger partial charge is 0.457 e. The van der Waals surface area contributed by atoms with Gasteiger partial charge in [-0.25, -0.2) is 5.43 Å². The molecule has 6 nitrogen and oxygen atoms in total. The molecule has 0 aromatic heterocycles. The van der Waals surface area contributed by atoms with Gasteiger partial charge >= 0.3 is 0 Å². The molecule has 0 fully saturated rings. The molecule has 3 aromatic carbocycles. The molecule has 0 bridgehead atoms. The molecule has 152 valence electrons. The monoisotopic (exact) mass is 401 g/mol. The highest BCUT2D eigenvalue weighted by molar-refractivity contribution is 5.93. The summed E-state index contributed by atoms with van der Waals surface area (Å²) in [6.07, 6.45) is 1.66. The van der Waals surface area contributed by atoms with Gasteiger partial charge in [-0.3, -0.25) is 9.59 Å². The van der Waals surface area contributed by atoms with E-state index in [1.807, 2.05) is 85.8 Å². The third-order valence-electron chi connectivity index (χ3n) is 4.12. The molecule has 3 rings (SSSR count). The van der Waals surface area contributed by atoms with E-state index >= 15 is 0 Å². The Morgan fingerprint density at radius 2 is 1.60 bits per heavy atom. The lowest BCUT2D eigenvalue weighted by Gasteiger charge is -2.06. The maximum atomic E-state index is 12.0. The molecular weight excluding hydrogens is 378 g/mol. The Kier molecular flexibility index (Phi) is 7.33. The molecule has 3 aromatic rings. The van der Waals surface area contributed by atoms with Crippen LogP contribution in [0.5, 0.6) is 11.5 Å². The Bertz CT molecular complexity index is 1030. The Labute approximate surface area is 175 Å². The lowest BCUT2D eigenvalue weighted by Crippen LogP contribution is -2.20. The topological polar surface area (TPSA) is 79.8 Å². The maximum Gasteiger partial charge on any atom is 0.240 e. The van der Waals surface area contributed by atoms with Gasteiger partial charge in [0, 0.05) is 18.5 Å². The summed E-state index contributed by atoms with van der Waals surface area (Å²) in [4.78, 5) is 23.9. The van der Waals surface area contributed by atoms with Crippen LogP contribution in [0.15, 0.2) is 84.0 Å². The first-order valence-electron chi connectivity index (χ1n) is 9.60. The standard InChI is InChI=1S/C24H23N3O3/c1-18-7-5-9-20(15-18)26-23(28)13-14-24(29)27-25-17-19-8-6-12-22(16-19)30-21-10-3-2-4-11-21/h2-12,15-17H,13-14H2,1H3,(H,26,28)(H,27,29)/b25-17-. The van der Waals surface area contributed by atoms with Crippen LogP contribution >= 0.6 is 0 Å². The third kappa shape index (κ3) is 6.91. The first-order valence-corrected chi connectivity index (χ1v) is 9.60. The summed E-state index contributed by atoms with van der Waals surface area (Å²) in [5.74, 6) is 0.862. The second-order valence-corrected chi connectivity index (χ2v) is 6.70.